The van der Waals surface area contributed by atoms with E-state index in [0.29, 0.717) is 10.4 Å². The summed E-state index contributed by atoms with van der Waals surface area (Å²) < 4.78 is 6.10. The van der Waals surface area contributed by atoms with E-state index >= 15 is 0 Å². The van der Waals surface area contributed by atoms with Crippen molar-refractivity contribution in [3.8, 4) is 0 Å². The Kier molecular flexibility index (Phi) is 3.22. The monoisotopic (exact) mass is 307 g/mol. The van der Waals surface area contributed by atoms with Gasteiger partial charge in [-0.25, -0.2) is 0 Å². The molecule has 4 heteroatoms. The molecule has 2 heterocycles. The van der Waals surface area contributed by atoms with E-state index in [0.717, 1.165) is 25.0 Å². The van der Waals surface area contributed by atoms with Crippen molar-refractivity contribution in [1.29, 1.82) is 0 Å². The summed E-state index contributed by atoms with van der Waals surface area (Å²) in [5.74, 6) is 0.637. The molecule has 2 aromatic rings. The fourth-order valence-corrected chi connectivity index (χ4v) is 2.96. The number of pyridine rings is 1. The first-order valence-electron chi connectivity index (χ1n) is 6.13. The fraction of sp³-hybridized carbons (Fsp3) is 0.357. The van der Waals surface area contributed by atoms with Gasteiger partial charge in [-0.15, -0.1) is 0 Å². The van der Waals surface area contributed by atoms with Crippen molar-refractivity contribution in [2.45, 2.75) is 31.3 Å². The van der Waals surface area contributed by atoms with Crippen molar-refractivity contribution in [1.82, 2.24) is 4.98 Å². The van der Waals surface area contributed by atoms with Crippen LogP contribution >= 0.6 is 15.9 Å². The number of aliphatic hydroxyl groups excluding tert-OH is 1. The molecule has 2 aromatic heterocycles. The molecule has 0 fully saturated rings. The van der Waals surface area contributed by atoms with E-state index in [1.54, 1.807) is 12.3 Å². The third-order valence-electron chi connectivity index (χ3n) is 3.51. The highest BCUT2D eigenvalue weighted by molar-refractivity contribution is 9.10. The van der Waals surface area contributed by atoms with E-state index in [-0.39, 0.29) is 5.92 Å². The van der Waals surface area contributed by atoms with E-state index in [2.05, 4.69) is 27.0 Å². The van der Waals surface area contributed by atoms with Gasteiger partial charge in [-0.2, -0.15) is 0 Å². The number of fused-ring (bicyclic) bond motifs is 1. The van der Waals surface area contributed by atoms with Crippen LogP contribution in [0.2, 0.25) is 0 Å². The molecule has 2 atom stereocenters. The maximum absolute atomic E-state index is 10.5. The number of nitrogens with zero attached hydrogens (tertiary/aromatic N) is 1. The Labute approximate surface area is 114 Å². The lowest BCUT2D eigenvalue weighted by Gasteiger charge is -2.27. The molecule has 0 bridgehead atoms. The standard InChI is InChI=1S/C14H14BrNO2/c15-12-7-6-11(18-12)14(17)10-5-1-3-9-4-2-8-16-13(9)10/h2,4,6-8,10,14,17H,1,3,5H2. The molecule has 0 saturated carbocycles. The fourth-order valence-electron chi connectivity index (χ4n) is 2.64. The molecule has 1 N–H and O–H groups in total. The maximum Gasteiger partial charge on any atom is 0.169 e. The van der Waals surface area contributed by atoms with Crippen LogP contribution in [-0.4, -0.2) is 10.1 Å². The largest absolute Gasteiger partial charge is 0.452 e. The average Bonchev–Trinajstić information content (AvgIpc) is 2.84. The number of rotatable bonds is 2. The maximum atomic E-state index is 10.5. The number of aromatic nitrogens is 1. The van der Waals surface area contributed by atoms with Gasteiger partial charge in [-0.1, -0.05) is 6.07 Å². The summed E-state index contributed by atoms with van der Waals surface area (Å²) in [4.78, 5) is 4.44. The van der Waals surface area contributed by atoms with Gasteiger partial charge < -0.3 is 9.52 Å². The van der Waals surface area contributed by atoms with Gasteiger partial charge in [0.25, 0.3) is 0 Å². The first-order valence-corrected chi connectivity index (χ1v) is 6.92. The summed E-state index contributed by atoms with van der Waals surface area (Å²) in [7, 11) is 0. The SMILES string of the molecule is OC(c1ccc(Br)o1)C1CCCc2cccnc21. The molecule has 18 heavy (non-hydrogen) atoms. The number of aryl methyl sites for hydroxylation is 1. The highest BCUT2D eigenvalue weighted by atomic mass is 79.9. The van der Waals surface area contributed by atoms with Crippen LogP contribution in [0.3, 0.4) is 0 Å². The Morgan fingerprint density at radius 1 is 1.39 bits per heavy atom. The molecule has 0 aliphatic heterocycles. The zero-order chi connectivity index (χ0) is 12.5. The van der Waals surface area contributed by atoms with Gasteiger partial charge in [0.15, 0.2) is 4.67 Å². The lowest BCUT2D eigenvalue weighted by atomic mass is 9.82. The Hall–Kier alpha value is -1.13. The van der Waals surface area contributed by atoms with Gasteiger partial charge in [0.1, 0.15) is 11.9 Å². The first kappa shape index (κ1) is 11.9. The Balaban J connectivity index is 1.94. The average molecular weight is 308 g/mol. The first-order chi connectivity index (χ1) is 8.75. The summed E-state index contributed by atoms with van der Waals surface area (Å²) in [6, 6.07) is 7.67. The predicted octanol–water partition coefficient (Wildman–Crippen LogP) is 3.59. The van der Waals surface area contributed by atoms with Crippen molar-refractivity contribution >= 4 is 15.9 Å². The quantitative estimate of drug-likeness (QED) is 0.922. The van der Waals surface area contributed by atoms with E-state index in [1.807, 2.05) is 12.1 Å². The van der Waals surface area contributed by atoms with Gasteiger partial charge in [0.05, 0.1) is 0 Å². The summed E-state index contributed by atoms with van der Waals surface area (Å²) in [5.41, 5.74) is 2.27. The third-order valence-corrected chi connectivity index (χ3v) is 3.93. The van der Waals surface area contributed by atoms with Crippen LogP contribution in [0.1, 0.15) is 41.9 Å². The lowest BCUT2D eigenvalue weighted by Crippen LogP contribution is -2.18. The Morgan fingerprint density at radius 3 is 3.06 bits per heavy atom. The van der Waals surface area contributed by atoms with Gasteiger partial charge in [0.2, 0.25) is 0 Å². The van der Waals surface area contributed by atoms with E-state index in [4.69, 9.17) is 4.42 Å². The molecule has 94 valence electrons. The molecule has 3 nitrogen and oxygen atoms in total. The van der Waals surface area contributed by atoms with Crippen LogP contribution < -0.4 is 0 Å². The molecule has 0 saturated heterocycles. The minimum atomic E-state index is -0.620. The van der Waals surface area contributed by atoms with Crippen LogP contribution in [0.15, 0.2) is 39.5 Å². The third kappa shape index (κ3) is 2.10. The number of halogens is 1. The topological polar surface area (TPSA) is 46.3 Å². The highest BCUT2D eigenvalue weighted by Crippen LogP contribution is 2.39. The van der Waals surface area contributed by atoms with E-state index in [9.17, 15) is 5.11 Å². The molecule has 1 aliphatic carbocycles. The molecular weight excluding hydrogens is 294 g/mol. The van der Waals surface area contributed by atoms with Gasteiger partial charge in [-0.05, 0) is 59.0 Å². The second-order valence-electron chi connectivity index (χ2n) is 4.63. The van der Waals surface area contributed by atoms with E-state index < -0.39 is 6.10 Å². The van der Waals surface area contributed by atoms with Crippen molar-refractivity contribution in [3.05, 3.63) is 52.1 Å². The smallest absolute Gasteiger partial charge is 0.169 e. The second-order valence-corrected chi connectivity index (χ2v) is 5.41. The van der Waals surface area contributed by atoms with Crippen LogP contribution in [0.5, 0.6) is 0 Å². The van der Waals surface area contributed by atoms with Gasteiger partial charge in [-0.3, -0.25) is 4.98 Å². The van der Waals surface area contributed by atoms with Crippen molar-refractivity contribution in [2.75, 3.05) is 0 Å². The zero-order valence-electron chi connectivity index (χ0n) is 9.84. The van der Waals surface area contributed by atoms with Crippen molar-refractivity contribution in [2.24, 2.45) is 0 Å². The van der Waals surface area contributed by atoms with Crippen LogP contribution in [0.4, 0.5) is 0 Å². The molecule has 0 spiro atoms. The second kappa shape index (κ2) is 4.86. The number of aliphatic hydroxyl groups is 1. The predicted molar refractivity (Wildman–Crippen MR) is 71.3 cm³/mol. The van der Waals surface area contributed by atoms with Crippen LogP contribution in [0.25, 0.3) is 0 Å². The Morgan fingerprint density at radius 2 is 2.28 bits per heavy atom. The molecular formula is C14H14BrNO2. The molecule has 0 radical (unpaired) electrons. The molecule has 3 rings (SSSR count). The van der Waals surface area contributed by atoms with Crippen molar-refractivity contribution < 1.29 is 9.52 Å². The summed E-state index contributed by atoms with van der Waals surface area (Å²) in [6.07, 6.45) is 4.26. The lowest BCUT2D eigenvalue weighted by molar-refractivity contribution is 0.109. The molecule has 2 unspecified atom stereocenters. The van der Waals surface area contributed by atoms with Crippen molar-refractivity contribution in [3.63, 3.8) is 0 Å². The van der Waals surface area contributed by atoms with Gasteiger partial charge in [0, 0.05) is 17.8 Å². The van der Waals surface area contributed by atoms with Gasteiger partial charge >= 0.3 is 0 Å². The minimum absolute atomic E-state index is 0.0352. The summed E-state index contributed by atoms with van der Waals surface area (Å²) >= 11 is 3.26. The molecule has 0 aromatic carbocycles. The normalized spacial score (nSPS) is 20.4. The highest BCUT2D eigenvalue weighted by Gasteiger charge is 2.30. The summed E-state index contributed by atoms with van der Waals surface area (Å²) in [6.45, 7) is 0. The number of hydrogen-bond acceptors (Lipinski definition) is 3. The number of hydrogen-bond donors (Lipinski definition) is 1. The number of furan rings is 1. The summed E-state index contributed by atoms with van der Waals surface area (Å²) in [5, 5.41) is 10.5. The van der Waals surface area contributed by atoms with E-state index in [1.165, 1.54) is 5.56 Å². The van der Waals surface area contributed by atoms with Crippen LogP contribution in [0, 0.1) is 0 Å². The molecule has 1 aliphatic rings. The van der Waals surface area contributed by atoms with Crippen LogP contribution in [-0.2, 0) is 6.42 Å². The minimum Gasteiger partial charge on any atom is -0.452 e. The Bertz CT molecular complexity index is 552. The zero-order valence-corrected chi connectivity index (χ0v) is 11.4. The molecule has 0 amide bonds.